The molecule has 3 rings (SSSR count). The second-order valence-electron chi connectivity index (χ2n) is 11.0. The summed E-state index contributed by atoms with van der Waals surface area (Å²) in [6.45, 7) is 8.43. The van der Waals surface area contributed by atoms with Gasteiger partial charge in [-0.05, 0) is 40.5 Å². The van der Waals surface area contributed by atoms with Crippen molar-refractivity contribution in [3.8, 4) is 11.4 Å². The van der Waals surface area contributed by atoms with Gasteiger partial charge in [-0.25, -0.2) is 14.8 Å². The third-order valence-electron chi connectivity index (χ3n) is 6.31. The van der Waals surface area contributed by atoms with E-state index in [0.717, 1.165) is 0 Å². The fraction of sp³-hybridized carbons (Fsp3) is 0.533. The van der Waals surface area contributed by atoms with E-state index in [9.17, 15) is 19.2 Å². The van der Waals surface area contributed by atoms with Gasteiger partial charge in [0.15, 0.2) is 5.82 Å². The summed E-state index contributed by atoms with van der Waals surface area (Å²) in [6, 6.07) is 9.54. The van der Waals surface area contributed by atoms with Crippen LogP contribution in [0.1, 0.15) is 57.4 Å². The van der Waals surface area contributed by atoms with Crippen molar-refractivity contribution in [1.29, 1.82) is 0 Å². The van der Waals surface area contributed by atoms with E-state index in [4.69, 9.17) is 19.4 Å². The van der Waals surface area contributed by atoms with Gasteiger partial charge in [0.2, 0.25) is 5.91 Å². The highest BCUT2D eigenvalue weighted by Crippen LogP contribution is 2.19. The van der Waals surface area contributed by atoms with Crippen LogP contribution in [0.4, 0.5) is 10.6 Å². The van der Waals surface area contributed by atoms with Crippen LogP contribution in [0.3, 0.4) is 0 Å². The van der Waals surface area contributed by atoms with Crippen LogP contribution in [0.25, 0.3) is 11.4 Å². The van der Waals surface area contributed by atoms with Crippen LogP contribution in [0.5, 0.6) is 0 Å². The lowest BCUT2D eigenvalue weighted by atomic mass is 10.1. The first-order chi connectivity index (χ1) is 21.0. The summed E-state index contributed by atoms with van der Waals surface area (Å²) in [5.74, 6) is -0.829. The van der Waals surface area contributed by atoms with E-state index >= 15 is 0 Å². The largest absolute Gasteiger partial charge is 0.527 e. The first-order valence-electron chi connectivity index (χ1n) is 14.7. The Morgan fingerprint density at radius 3 is 2.39 bits per heavy atom. The van der Waals surface area contributed by atoms with Crippen molar-refractivity contribution in [3.05, 3.63) is 42.1 Å². The number of aromatic nitrogens is 2. The monoisotopic (exact) mass is 614 g/mol. The number of ether oxygens (including phenoxy) is 2. The zero-order chi connectivity index (χ0) is 32.1. The molecule has 240 valence electrons. The molecule has 0 spiro atoms. The number of carbonyl (C=O) groups is 4. The van der Waals surface area contributed by atoms with E-state index in [1.165, 1.54) is 11.1 Å². The highest BCUT2D eigenvalue weighted by Gasteiger charge is 2.31. The Bertz CT molecular complexity index is 1260. The molecule has 0 radical (unpaired) electrons. The van der Waals surface area contributed by atoms with Crippen molar-refractivity contribution < 1.29 is 38.6 Å². The lowest BCUT2D eigenvalue weighted by Crippen LogP contribution is -2.55. The van der Waals surface area contributed by atoms with Gasteiger partial charge in [0, 0.05) is 44.3 Å². The highest BCUT2D eigenvalue weighted by atomic mass is 16.8. The number of carbonyl (C=O) groups excluding carboxylic acids is 4. The smallest absolute Gasteiger partial charge is 0.460 e. The van der Waals surface area contributed by atoms with Gasteiger partial charge in [0.05, 0.1) is 19.7 Å². The molecule has 2 aromatic rings. The average Bonchev–Trinajstić information content (AvgIpc) is 2.99. The summed E-state index contributed by atoms with van der Waals surface area (Å²) in [6.07, 6.45) is -0.449. The van der Waals surface area contributed by atoms with Crippen LogP contribution in [0.2, 0.25) is 0 Å². The number of hydroxylamine groups is 2. The molecule has 0 bridgehead atoms. The van der Waals surface area contributed by atoms with Crippen molar-refractivity contribution in [2.45, 2.75) is 58.6 Å². The van der Waals surface area contributed by atoms with Crippen LogP contribution >= 0.6 is 0 Å². The average molecular weight is 615 g/mol. The third-order valence-corrected chi connectivity index (χ3v) is 6.31. The molecule has 1 atom stereocenters. The Balaban J connectivity index is 1.79. The van der Waals surface area contributed by atoms with Crippen molar-refractivity contribution in [2.24, 2.45) is 0 Å². The molecule has 1 aromatic heterocycles. The van der Waals surface area contributed by atoms with E-state index < -0.39 is 35.6 Å². The van der Waals surface area contributed by atoms with Gasteiger partial charge >= 0.3 is 12.1 Å². The molecule has 3 N–H and O–H groups in total. The van der Waals surface area contributed by atoms with Gasteiger partial charge in [-0.2, -0.15) is 0 Å². The van der Waals surface area contributed by atoms with Gasteiger partial charge in [0.25, 0.3) is 5.91 Å². The summed E-state index contributed by atoms with van der Waals surface area (Å²) in [4.78, 5) is 67.1. The molecule has 1 aliphatic heterocycles. The fourth-order valence-corrected chi connectivity index (χ4v) is 4.28. The number of aliphatic hydroxyl groups excluding tert-OH is 1. The number of rotatable bonds is 13. The minimum atomic E-state index is -1.06. The number of esters is 1. The number of aliphatic hydroxyl groups is 1. The van der Waals surface area contributed by atoms with Crippen LogP contribution in [0, 0.1) is 0 Å². The molecule has 44 heavy (non-hydrogen) atoms. The van der Waals surface area contributed by atoms with Crippen molar-refractivity contribution in [1.82, 2.24) is 25.2 Å². The predicted octanol–water partition coefficient (Wildman–Crippen LogP) is 2.39. The summed E-state index contributed by atoms with van der Waals surface area (Å²) >= 11 is 0. The van der Waals surface area contributed by atoms with Gasteiger partial charge < -0.3 is 35.0 Å². The summed E-state index contributed by atoms with van der Waals surface area (Å²) in [7, 11) is 0. The summed E-state index contributed by atoms with van der Waals surface area (Å²) in [5.41, 5.74) is 0.00412. The molecular formula is C30H42N6O8. The molecule has 0 unspecified atom stereocenters. The first-order valence-corrected chi connectivity index (χ1v) is 14.7. The summed E-state index contributed by atoms with van der Waals surface area (Å²) < 4.78 is 10.2. The molecule has 0 aliphatic carbocycles. The Morgan fingerprint density at radius 1 is 1.05 bits per heavy atom. The van der Waals surface area contributed by atoms with Crippen molar-refractivity contribution in [2.75, 3.05) is 51.3 Å². The van der Waals surface area contributed by atoms with Gasteiger partial charge in [-0.3, -0.25) is 14.4 Å². The lowest BCUT2D eigenvalue weighted by molar-refractivity contribution is -0.158. The zero-order valence-electron chi connectivity index (χ0n) is 25.7. The maximum Gasteiger partial charge on any atom is 0.527 e. The Hall–Kier alpha value is -4.30. The lowest BCUT2D eigenvalue weighted by Gasteiger charge is -2.35. The number of anilines is 1. The van der Waals surface area contributed by atoms with Crippen molar-refractivity contribution in [3.63, 3.8) is 0 Å². The maximum absolute atomic E-state index is 13.7. The van der Waals surface area contributed by atoms with E-state index in [1.54, 1.807) is 32.6 Å². The molecule has 1 fully saturated rings. The number of amides is 2. The normalized spacial score (nSPS) is 14.3. The topological polar surface area (TPSA) is 173 Å². The quantitative estimate of drug-likeness (QED) is 0.223. The maximum atomic E-state index is 13.7. The van der Waals surface area contributed by atoms with E-state index in [2.05, 4.69) is 20.6 Å². The van der Waals surface area contributed by atoms with Crippen LogP contribution in [0.15, 0.2) is 36.4 Å². The molecule has 1 aliphatic rings. The molecule has 2 heterocycles. The van der Waals surface area contributed by atoms with E-state index in [1.807, 2.05) is 30.3 Å². The number of hydrogen-bond donors (Lipinski definition) is 3. The number of nitrogens with one attached hydrogen (secondary N) is 2. The second kappa shape index (κ2) is 16.5. The standard InChI is InChI=1S/C30H42N6O8/c1-5-42-29(41)44-36-17-15-35(16-18-36)28(40)22(12-13-25(38)43-30(2,3)4)33-27(39)23-20-24(31-14-9-19-37)34-26(32-23)21-10-7-6-8-11-21/h6-8,10-11,20,22,37H,5,9,12-19H2,1-4H3,(H,33,39)(H,31,32,34)/t22-/m0/s1. The summed E-state index contributed by atoms with van der Waals surface area (Å²) in [5, 5.41) is 16.4. The molecule has 14 heteroatoms. The predicted molar refractivity (Wildman–Crippen MR) is 160 cm³/mol. The fourth-order valence-electron chi connectivity index (χ4n) is 4.28. The second-order valence-corrected chi connectivity index (χ2v) is 11.0. The first kappa shape index (κ1) is 34.2. The number of hydrogen-bond acceptors (Lipinski definition) is 12. The molecule has 0 saturated carbocycles. The molecule has 1 aromatic carbocycles. The minimum absolute atomic E-state index is 0.00272. The Kier molecular flexibility index (Phi) is 12.8. The molecule has 2 amide bonds. The third kappa shape index (κ3) is 11.1. The van der Waals surface area contributed by atoms with Gasteiger partial charge in [0.1, 0.15) is 23.2 Å². The van der Waals surface area contributed by atoms with E-state index in [-0.39, 0.29) is 57.9 Å². The van der Waals surface area contributed by atoms with Gasteiger partial charge in [-0.1, -0.05) is 30.3 Å². The highest BCUT2D eigenvalue weighted by molar-refractivity contribution is 5.97. The SMILES string of the molecule is CCOC(=O)ON1CCN(C(=O)[C@H](CCC(=O)OC(C)(C)C)NC(=O)c2cc(NCCCO)nc(-c3ccccc3)n2)CC1. The molecule has 1 saturated heterocycles. The molecule has 14 nitrogen and oxygen atoms in total. The Labute approximate surface area is 257 Å². The number of nitrogens with zero attached hydrogens (tertiary/aromatic N) is 4. The van der Waals surface area contributed by atoms with E-state index in [0.29, 0.717) is 30.2 Å². The van der Waals surface area contributed by atoms with Gasteiger partial charge in [-0.15, -0.1) is 5.06 Å². The zero-order valence-corrected chi connectivity index (χ0v) is 25.7. The van der Waals surface area contributed by atoms with Crippen LogP contribution in [-0.4, -0.2) is 107 Å². The van der Waals surface area contributed by atoms with Crippen molar-refractivity contribution >= 4 is 29.8 Å². The minimum Gasteiger partial charge on any atom is -0.460 e. The van der Waals surface area contributed by atoms with Crippen LogP contribution < -0.4 is 10.6 Å². The Morgan fingerprint density at radius 2 is 1.75 bits per heavy atom. The van der Waals surface area contributed by atoms with Crippen LogP contribution in [-0.2, 0) is 23.9 Å². The number of benzene rings is 1. The molecular weight excluding hydrogens is 572 g/mol. The number of piperazine rings is 1.